The van der Waals surface area contributed by atoms with Crippen LogP contribution in [0, 0.1) is 0 Å². The summed E-state index contributed by atoms with van der Waals surface area (Å²) in [5.41, 5.74) is 0.520. The molecule has 0 aliphatic heterocycles. The normalized spacial score (nSPS) is 22.5. The van der Waals surface area contributed by atoms with E-state index in [4.69, 9.17) is 9.47 Å². The maximum absolute atomic E-state index is 12.4. The van der Waals surface area contributed by atoms with E-state index in [9.17, 15) is 9.59 Å². The number of ether oxygens (including phenoxy) is 2. The molecule has 0 fully saturated rings. The van der Waals surface area contributed by atoms with Gasteiger partial charge in [-0.3, -0.25) is 0 Å². The van der Waals surface area contributed by atoms with Crippen LogP contribution in [0.2, 0.25) is 0 Å². The fourth-order valence-corrected chi connectivity index (χ4v) is 2.96. The van der Waals surface area contributed by atoms with E-state index in [2.05, 4.69) is 36.5 Å². The highest BCUT2D eigenvalue weighted by Crippen LogP contribution is 2.36. The van der Waals surface area contributed by atoms with Crippen LogP contribution in [0.25, 0.3) is 0 Å². The molecule has 1 aromatic carbocycles. The standard InChI is InChI=1S/C20H27NO4/c1-6-14-7-9-15(10-8-14)16-11-12-20(13-16,17(22)24-5)21-18(23)25-19(2,3)4/h7-12,16H,6,13H2,1-5H3,(H,21,23)/t16-,20+/m0/s1. The molecule has 0 radical (unpaired) electrons. The summed E-state index contributed by atoms with van der Waals surface area (Å²) in [7, 11) is 1.32. The minimum atomic E-state index is -1.20. The van der Waals surface area contributed by atoms with Crippen molar-refractivity contribution in [1.29, 1.82) is 0 Å². The first-order chi connectivity index (χ1) is 11.7. The Bertz CT molecular complexity index is 657. The van der Waals surface area contributed by atoms with Gasteiger partial charge < -0.3 is 14.8 Å². The maximum atomic E-state index is 12.4. The van der Waals surface area contributed by atoms with Crippen LogP contribution in [0.15, 0.2) is 36.4 Å². The Balaban J connectivity index is 2.18. The fourth-order valence-electron chi connectivity index (χ4n) is 2.96. The molecule has 0 heterocycles. The van der Waals surface area contributed by atoms with E-state index < -0.39 is 23.2 Å². The number of hydrogen-bond acceptors (Lipinski definition) is 4. The van der Waals surface area contributed by atoms with Crippen molar-refractivity contribution in [3.63, 3.8) is 0 Å². The molecule has 0 saturated heterocycles. The quantitative estimate of drug-likeness (QED) is 0.667. The highest BCUT2D eigenvalue weighted by Gasteiger charge is 2.45. The molecule has 0 aromatic heterocycles. The number of carbonyl (C=O) groups is 2. The zero-order valence-corrected chi connectivity index (χ0v) is 15.6. The van der Waals surface area contributed by atoms with Gasteiger partial charge in [0.1, 0.15) is 5.60 Å². The molecule has 136 valence electrons. The van der Waals surface area contributed by atoms with E-state index in [1.165, 1.54) is 12.7 Å². The predicted molar refractivity (Wildman–Crippen MR) is 96.4 cm³/mol. The Morgan fingerprint density at radius 2 is 1.88 bits per heavy atom. The molecule has 0 bridgehead atoms. The van der Waals surface area contributed by atoms with Crippen molar-refractivity contribution in [3.8, 4) is 0 Å². The van der Waals surface area contributed by atoms with Gasteiger partial charge in [-0.25, -0.2) is 9.59 Å². The van der Waals surface area contributed by atoms with Crippen molar-refractivity contribution < 1.29 is 19.1 Å². The topological polar surface area (TPSA) is 64.6 Å². The van der Waals surface area contributed by atoms with Gasteiger partial charge in [0.05, 0.1) is 7.11 Å². The Hall–Kier alpha value is -2.30. The molecule has 0 unspecified atom stereocenters. The molecule has 2 atom stereocenters. The molecule has 0 spiro atoms. The van der Waals surface area contributed by atoms with Crippen molar-refractivity contribution >= 4 is 12.1 Å². The van der Waals surface area contributed by atoms with E-state index in [0.717, 1.165) is 12.0 Å². The van der Waals surface area contributed by atoms with E-state index in [1.54, 1.807) is 26.8 Å². The Kier molecular flexibility index (Phi) is 5.55. The van der Waals surface area contributed by atoms with Gasteiger partial charge in [-0.2, -0.15) is 0 Å². The maximum Gasteiger partial charge on any atom is 0.408 e. The fraction of sp³-hybridized carbons (Fsp3) is 0.500. The van der Waals surface area contributed by atoms with Crippen LogP contribution < -0.4 is 5.32 Å². The number of carbonyl (C=O) groups excluding carboxylic acids is 2. The highest BCUT2D eigenvalue weighted by molar-refractivity contribution is 5.89. The largest absolute Gasteiger partial charge is 0.467 e. The number of rotatable bonds is 4. The van der Waals surface area contributed by atoms with Crippen LogP contribution >= 0.6 is 0 Å². The second-order valence-electron chi connectivity index (χ2n) is 7.35. The lowest BCUT2D eigenvalue weighted by Gasteiger charge is -2.29. The predicted octanol–water partition coefficient (Wildman–Crippen LogP) is 3.73. The number of nitrogens with one attached hydrogen (secondary N) is 1. The Morgan fingerprint density at radius 3 is 2.40 bits per heavy atom. The molecule has 1 amide bonds. The molecule has 1 N–H and O–H groups in total. The van der Waals surface area contributed by atoms with Crippen molar-refractivity contribution in [2.45, 2.75) is 57.6 Å². The second kappa shape index (κ2) is 7.30. The van der Waals surface area contributed by atoms with Gasteiger partial charge >= 0.3 is 12.1 Å². The van der Waals surface area contributed by atoms with Gasteiger partial charge in [-0.15, -0.1) is 0 Å². The molecule has 5 heteroatoms. The van der Waals surface area contributed by atoms with Crippen molar-refractivity contribution in [3.05, 3.63) is 47.5 Å². The average molecular weight is 345 g/mol. The zero-order valence-electron chi connectivity index (χ0n) is 15.6. The van der Waals surface area contributed by atoms with Gasteiger partial charge in [0.15, 0.2) is 5.54 Å². The van der Waals surface area contributed by atoms with Crippen molar-refractivity contribution in [2.75, 3.05) is 7.11 Å². The first kappa shape index (κ1) is 19.0. The molecule has 1 aromatic rings. The number of allylic oxidation sites excluding steroid dienone is 1. The molecule has 1 aliphatic carbocycles. The third-order valence-corrected chi connectivity index (χ3v) is 4.24. The van der Waals surface area contributed by atoms with Gasteiger partial charge in [-0.05, 0) is 44.7 Å². The van der Waals surface area contributed by atoms with Crippen LogP contribution in [0.1, 0.15) is 51.2 Å². The lowest BCUT2D eigenvalue weighted by atomic mass is 9.90. The van der Waals surface area contributed by atoms with Gasteiger partial charge in [0.25, 0.3) is 0 Å². The number of esters is 1. The zero-order chi connectivity index (χ0) is 18.7. The van der Waals surface area contributed by atoms with Crippen LogP contribution in [-0.2, 0) is 20.7 Å². The van der Waals surface area contributed by atoms with Gasteiger partial charge in [0, 0.05) is 5.92 Å². The Morgan fingerprint density at radius 1 is 1.24 bits per heavy atom. The average Bonchev–Trinajstić information content (AvgIpc) is 2.97. The van der Waals surface area contributed by atoms with Crippen LogP contribution in [0.4, 0.5) is 4.79 Å². The number of amides is 1. The smallest absolute Gasteiger partial charge is 0.408 e. The first-order valence-corrected chi connectivity index (χ1v) is 8.57. The summed E-state index contributed by atoms with van der Waals surface area (Å²) >= 11 is 0. The minimum absolute atomic E-state index is 0.0277. The van der Waals surface area contributed by atoms with E-state index in [1.807, 2.05) is 6.08 Å². The lowest BCUT2D eigenvalue weighted by molar-refractivity contribution is -0.146. The molecule has 25 heavy (non-hydrogen) atoms. The minimum Gasteiger partial charge on any atom is -0.467 e. The van der Waals surface area contributed by atoms with E-state index >= 15 is 0 Å². The van der Waals surface area contributed by atoms with Crippen LogP contribution in [0.5, 0.6) is 0 Å². The summed E-state index contributed by atoms with van der Waals surface area (Å²) < 4.78 is 10.2. The summed E-state index contributed by atoms with van der Waals surface area (Å²) in [6, 6.07) is 8.30. The SMILES string of the molecule is CCc1ccc([C@H]2C=C[C@](NC(=O)OC(C)(C)C)(C(=O)OC)C2)cc1. The summed E-state index contributed by atoms with van der Waals surface area (Å²) in [6.45, 7) is 7.44. The van der Waals surface area contributed by atoms with Crippen molar-refractivity contribution in [2.24, 2.45) is 0 Å². The van der Waals surface area contributed by atoms with E-state index in [0.29, 0.717) is 6.42 Å². The highest BCUT2D eigenvalue weighted by atomic mass is 16.6. The summed E-state index contributed by atoms with van der Waals surface area (Å²) in [4.78, 5) is 24.6. The first-order valence-electron chi connectivity index (χ1n) is 8.57. The molecule has 5 nitrogen and oxygen atoms in total. The second-order valence-corrected chi connectivity index (χ2v) is 7.35. The van der Waals surface area contributed by atoms with Crippen LogP contribution in [0.3, 0.4) is 0 Å². The van der Waals surface area contributed by atoms with Gasteiger partial charge in [-0.1, -0.05) is 43.3 Å². The van der Waals surface area contributed by atoms with Crippen LogP contribution in [-0.4, -0.2) is 30.3 Å². The summed E-state index contributed by atoms with van der Waals surface area (Å²) in [6.07, 6.45) is 4.40. The third kappa shape index (κ3) is 4.62. The van der Waals surface area contributed by atoms with Gasteiger partial charge in [0.2, 0.25) is 0 Å². The molecule has 0 saturated carbocycles. The monoisotopic (exact) mass is 345 g/mol. The summed E-state index contributed by atoms with van der Waals surface area (Å²) in [5.74, 6) is -0.470. The summed E-state index contributed by atoms with van der Waals surface area (Å²) in [5, 5.41) is 2.70. The number of benzene rings is 1. The van der Waals surface area contributed by atoms with Crippen molar-refractivity contribution in [1.82, 2.24) is 5.32 Å². The lowest BCUT2D eigenvalue weighted by Crippen LogP contribution is -2.54. The Labute approximate surface area is 149 Å². The number of aryl methyl sites for hydroxylation is 1. The molecule has 1 aliphatic rings. The third-order valence-electron chi connectivity index (χ3n) is 4.24. The molecular weight excluding hydrogens is 318 g/mol. The molecular formula is C20H27NO4. The number of alkyl carbamates (subject to hydrolysis) is 1. The van der Waals surface area contributed by atoms with E-state index in [-0.39, 0.29) is 5.92 Å². The molecule has 2 rings (SSSR count). The number of methoxy groups -OCH3 is 1. The number of hydrogen-bond donors (Lipinski definition) is 1.